The van der Waals surface area contributed by atoms with Crippen molar-refractivity contribution in [2.45, 2.75) is 82.4 Å². The summed E-state index contributed by atoms with van der Waals surface area (Å²) in [6.07, 6.45) is 4.29. The lowest BCUT2D eigenvalue weighted by Crippen LogP contribution is -2.44. The van der Waals surface area contributed by atoms with Crippen LogP contribution in [0.4, 0.5) is 13.2 Å². The topological polar surface area (TPSA) is 59.2 Å². The Bertz CT molecular complexity index is 835. The molecule has 1 N–H and O–H groups in total. The number of alkyl halides is 3. The predicted octanol–water partition coefficient (Wildman–Crippen LogP) is 5.90. The molecule has 2 bridgehead atoms. The van der Waals surface area contributed by atoms with Crippen LogP contribution in [0.3, 0.4) is 0 Å². The number of benzene rings is 1. The fraction of sp³-hybridized carbons (Fsp3) is 0.636. The van der Waals surface area contributed by atoms with E-state index >= 15 is 0 Å². The summed E-state index contributed by atoms with van der Waals surface area (Å²) in [5.74, 6) is 0.434. The van der Waals surface area contributed by atoms with E-state index in [4.69, 9.17) is 4.42 Å². The molecule has 29 heavy (non-hydrogen) atoms. The Morgan fingerprint density at radius 1 is 1.07 bits per heavy atom. The highest BCUT2D eigenvalue weighted by Crippen LogP contribution is 2.59. The van der Waals surface area contributed by atoms with Crippen LogP contribution in [0, 0.1) is 5.41 Å². The molecule has 4 nitrogen and oxygen atoms in total. The first-order valence-corrected chi connectivity index (χ1v) is 10.4. The van der Waals surface area contributed by atoms with Crippen molar-refractivity contribution in [1.29, 1.82) is 0 Å². The molecule has 7 heteroatoms. The molecule has 3 fully saturated rings. The van der Waals surface area contributed by atoms with Gasteiger partial charge in [-0.2, -0.15) is 13.2 Å². The van der Waals surface area contributed by atoms with Crippen molar-refractivity contribution in [3.05, 3.63) is 35.7 Å². The predicted molar refractivity (Wildman–Crippen MR) is 102 cm³/mol. The van der Waals surface area contributed by atoms with Gasteiger partial charge in [0.15, 0.2) is 0 Å². The molecule has 3 saturated carbocycles. The standard InChI is InChI=1S/C22H27F3N2O2/c1-15(28)5-4-8-20-9-12-21(13-10-20,14-11-20)19-27-26-18(29-19)16-6-2-3-7-17(16)22(23,24)25/h2-3,6-7,15,28H,4-5,8-14H2,1H3. The van der Waals surface area contributed by atoms with Gasteiger partial charge in [-0.25, -0.2) is 0 Å². The smallest absolute Gasteiger partial charge is 0.417 e. The van der Waals surface area contributed by atoms with Crippen LogP contribution in [0.25, 0.3) is 11.5 Å². The van der Waals surface area contributed by atoms with E-state index in [9.17, 15) is 18.3 Å². The highest BCUT2D eigenvalue weighted by Gasteiger charge is 2.51. The fourth-order valence-corrected chi connectivity index (χ4v) is 5.19. The van der Waals surface area contributed by atoms with E-state index in [2.05, 4.69) is 10.2 Å². The molecule has 1 aromatic heterocycles. The summed E-state index contributed by atoms with van der Waals surface area (Å²) in [5, 5.41) is 17.7. The summed E-state index contributed by atoms with van der Waals surface area (Å²) < 4.78 is 45.8. The molecule has 1 unspecified atom stereocenters. The van der Waals surface area contributed by atoms with Gasteiger partial charge in [0.25, 0.3) is 0 Å². The Morgan fingerprint density at radius 2 is 1.72 bits per heavy atom. The van der Waals surface area contributed by atoms with Crippen LogP contribution < -0.4 is 0 Å². The number of aliphatic hydroxyl groups is 1. The summed E-state index contributed by atoms with van der Waals surface area (Å²) in [5.41, 5.74) is -0.682. The first-order valence-electron chi connectivity index (χ1n) is 10.4. The first kappa shape index (κ1) is 20.4. The Morgan fingerprint density at radius 3 is 2.34 bits per heavy atom. The number of halogens is 3. The zero-order valence-electron chi connectivity index (χ0n) is 16.6. The molecule has 1 aromatic carbocycles. The summed E-state index contributed by atoms with van der Waals surface area (Å²) in [6.45, 7) is 1.83. The molecule has 0 radical (unpaired) electrons. The van der Waals surface area contributed by atoms with Crippen LogP contribution in [-0.2, 0) is 11.6 Å². The molecular weight excluding hydrogens is 381 g/mol. The molecule has 158 valence electrons. The molecule has 3 aliphatic carbocycles. The largest absolute Gasteiger partial charge is 0.420 e. The fourth-order valence-electron chi connectivity index (χ4n) is 5.19. The summed E-state index contributed by atoms with van der Waals surface area (Å²) in [7, 11) is 0. The maximum atomic E-state index is 13.3. The molecular formula is C22H27F3N2O2. The van der Waals surface area contributed by atoms with Crippen LogP contribution in [0.15, 0.2) is 28.7 Å². The van der Waals surface area contributed by atoms with Crippen LogP contribution >= 0.6 is 0 Å². The number of rotatable bonds is 6. The van der Waals surface area contributed by atoms with Gasteiger partial charge < -0.3 is 9.52 Å². The van der Waals surface area contributed by atoms with Gasteiger partial charge in [-0.05, 0) is 75.8 Å². The van der Waals surface area contributed by atoms with Crippen molar-refractivity contribution in [2.24, 2.45) is 5.41 Å². The van der Waals surface area contributed by atoms with Crippen molar-refractivity contribution in [2.75, 3.05) is 0 Å². The van der Waals surface area contributed by atoms with Gasteiger partial charge >= 0.3 is 6.18 Å². The monoisotopic (exact) mass is 408 g/mol. The van der Waals surface area contributed by atoms with Gasteiger partial charge in [-0.3, -0.25) is 0 Å². The van der Waals surface area contributed by atoms with E-state index in [0.717, 1.165) is 63.9 Å². The van der Waals surface area contributed by atoms with Crippen molar-refractivity contribution in [1.82, 2.24) is 10.2 Å². The summed E-state index contributed by atoms with van der Waals surface area (Å²) >= 11 is 0. The SMILES string of the molecule is CC(O)CCCC12CCC(c3nnc(-c4ccccc4C(F)(F)F)o3)(CC1)CC2. The van der Waals surface area contributed by atoms with E-state index in [1.165, 1.54) is 12.1 Å². The molecule has 0 saturated heterocycles. The number of hydrogen-bond donors (Lipinski definition) is 1. The second-order valence-electron chi connectivity index (χ2n) is 8.98. The molecule has 3 aliphatic rings. The Labute approximate surface area is 168 Å². The lowest BCUT2D eigenvalue weighted by molar-refractivity contribution is -0.137. The zero-order valence-corrected chi connectivity index (χ0v) is 16.6. The zero-order chi connectivity index (χ0) is 20.7. The van der Waals surface area contributed by atoms with Crippen LogP contribution in [0.1, 0.15) is 76.2 Å². The van der Waals surface area contributed by atoms with Crippen LogP contribution in [-0.4, -0.2) is 21.4 Å². The molecule has 1 heterocycles. The van der Waals surface area contributed by atoms with E-state index in [0.29, 0.717) is 11.3 Å². The van der Waals surface area contributed by atoms with Gasteiger partial charge in [0.2, 0.25) is 11.8 Å². The molecule has 2 aromatic rings. The Hall–Kier alpha value is -1.89. The third kappa shape index (κ3) is 3.93. The van der Waals surface area contributed by atoms with Crippen molar-refractivity contribution >= 4 is 0 Å². The van der Waals surface area contributed by atoms with Gasteiger partial charge in [0, 0.05) is 5.41 Å². The average molecular weight is 408 g/mol. The third-order valence-electron chi connectivity index (χ3n) is 7.07. The van der Waals surface area contributed by atoms with E-state index < -0.39 is 11.7 Å². The number of aliphatic hydroxyl groups excluding tert-OH is 1. The summed E-state index contributed by atoms with van der Waals surface area (Å²) in [6, 6.07) is 5.34. The minimum Gasteiger partial charge on any atom is -0.420 e. The third-order valence-corrected chi connectivity index (χ3v) is 7.07. The maximum Gasteiger partial charge on any atom is 0.417 e. The van der Waals surface area contributed by atoms with E-state index in [1.54, 1.807) is 6.07 Å². The summed E-state index contributed by atoms with van der Waals surface area (Å²) in [4.78, 5) is 0. The van der Waals surface area contributed by atoms with Gasteiger partial charge in [-0.15, -0.1) is 10.2 Å². The average Bonchev–Trinajstić information content (AvgIpc) is 3.19. The van der Waals surface area contributed by atoms with Gasteiger partial charge in [0.05, 0.1) is 17.2 Å². The van der Waals surface area contributed by atoms with Crippen molar-refractivity contribution in [3.8, 4) is 11.5 Å². The first-order chi connectivity index (χ1) is 13.7. The number of hydrogen-bond acceptors (Lipinski definition) is 4. The lowest BCUT2D eigenvalue weighted by atomic mass is 9.52. The van der Waals surface area contributed by atoms with Gasteiger partial charge in [0.1, 0.15) is 0 Å². The minimum absolute atomic E-state index is 0.0540. The van der Waals surface area contributed by atoms with Crippen molar-refractivity contribution < 1.29 is 22.7 Å². The van der Waals surface area contributed by atoms with Crippen molar-refractivity contribution in [3.63, 3.8) is 0 Å². The normalized spacial score (nSPS) is 27.9. The number of nitrogens with zero attached hydrogens (tertiary/aromatic N) is 2. The van der Waals surface area contributed by atoms with Gasteiger partial charge in [-0.1, -0.05) is 18.6 Å². The second-order valence-corrected chi connectivity index (χ2v) is 8.98. The van der Waals surface area contributed by atoms with Crippen LogP contribution in [0.2, 0.25) is 0 Å². The Kier molecular flexibility index (Phi) is 5.21. The highest BCUT2D eigenvalue weighted by molar-refractivity contribution is 5.59. The van der Waals surface area contributed by atoms with E-state index in [-0.39, 0.29) is 23.0 Å². The van der Waals surface area contributed by atoms with Crippen LogP contribution in [0.5, 0.6) is 0 Å². The number of fused-ring (bicyclic) bond motifs is 3. The molecule has 5 rings (SSSR count). The lowest BCUT2D eigenvalue weighted by Gasteiger charge is -2.52. The molecule has 0 aliphatic heterocycles. The molecule has 0 spiro atoms. The second kappa shape index (κ2) is 7.42. The Balaban J connectivity index is 1.51. The molecule has 0 amide bonds. The molecule has 1 atom stereocenters. The van der Waals surface area contributed by atoms with E-state index in [1.807, 2.05) is 6.92 Å². The highest BCUT2D eigenvalue weighted by atomic mass is 19.4. The maximum absolute atomic E-state index is 13.3. The number of aromatic nitrogens is 2. The minimum atomic E-state index is -4.47. The quantitative estimate of drug-likeness (QED) is 0.647.